The number of halogens is 3. The van der Waals surface area contributed by atoms with E-state index in [0.29, 0.717) is 6.42 Å². The largest absolute Gasteiger partial charge is 0.463 e. The van der Waals surface area contributed by atoms with Crippen LogP contribution in [-0.4, -0.2) is 47.3 Å². The van der Waals surface area contributed by atoms with Crippen LogP contribution in [0.1, 0.15) is 92.9 Å². The molecule has 0 amide bonds. The van der Waals surface area contributed by atoms with E-state index in [1.54, 1.807) is 0 Å². The number of alkyl halides is 3. The first kappa shape index (κ1) is 29.2. The van der Waals surface area contributed by atoms with Crippen molar-refractivity contribution in [1.29, 1.82) is 0 Å². The molecule has 1 heterocycles. The van der Waals surface area contributed by atoms with Crippen molar-refractivity contribution < 1.29 is 42.1 Å². The lowest BCUT2D eigenvalue weighted by Gasteiger charge is -2.65. The standard InChI is InChI=1S/C30H45F3O6/c1-7-19-21-12-18(37-16(3)34)8-10-27(21,5)20-9-11-28(6)22(24(20)26(19)38-17(4)35)13-23-25(28)15(2)14-29(36,39-23)30(31,32)33/h15,18-26,36H,7-14H2,1-6H3/t15-,18-,19-,20?,21+,22?,23+,24?,25+,26?,27-,28+,29?/m1/s1. The monoisotopic (exact) mass is 558 g/mol. The van der Waals surface area contributed by atoms with Crippen LogP contribution in [0.5, 0.6) is 0 Å². The van der Waals surface area contributed by atoms with E-state index in [1.807, 2.05) is 6.92 Å². The van der Waals surface area contributed by atoms with Gasteiger partial charge in [-0.1, -0.05) is 27.7 Å². The zero-order valence-corrected chi connectivity index (χ0v) is 24.1. The summed E-state index contributed by atoms with van der Waals surface area (Å²) in [5.74, 6) is -3.67. The first-order valence-electron chi connectivity index (χ1n) is 14.9. The first-order chi connectivity index (χ1) is 18.1. The van der Waals surface area contributed by atoms with Gasteiger partial charge in [-0.2, -0.15) is 13.2 Å². The van der Waals surface area contributed by atoms with Crippen LogP contribution in [0.4, 0.5) is 13.2 Å². The fraction of sp³-hybridized carbons (Fsp3) is 0.933. The Bertz CT molecular complexity index is 986. The number of aliphatic hydroxyl groups is 1. The Labute approximate surface area is 229 Å². The van der Waals surface area contributed by atoms with Crippen LogP contribution in [0.15, 0.2) is 0 Å². The summed E-state index contributed by atoms with van der Waals surface area (Å²) in [5, 5.41) is 10.6. The predicted octanol–water partition coefficient (Wildman–Crippen LogP) is 6.04. The van der Waals surface area contributed by atoms with Gasteiger partial charge in [0.1, 0.15) is 12.2 Å². The SMILES string of the molecule is CC[C@H]1C(OC(C)=O)C2C3C[C@@H]4OC(O)(C(F)(F)F)C[C@@H](C)[C@@H]4[C@@]3(C)CCC2[C@@]2(C)CC[C@@H](OC(C)=O)C[C@@H]12. The van der Waals surface area contributed by atoms with Gasteiger partial charge in [0.15, 0.2) is 0 Å². The average molecular weight is 559 g/mol. The van der Waals surface area contributed by atoms with Gasteiger partial charge in [0.25, 0.3) is 5.79 Å². The molecule has 0 aromatic rings. The molecule has 13 atom stereocenters. The molecule has 0 aromatic heterocycles. The lowest BCUT2D eigenvalue weighted by Crippen LogP contribution is -2.63. The molecule has 5 rings (SSSR count). The molecule has 1 aliphatic heterocycles. The lowest BCUT2D eigenvalue weighted by atomic mass is 9.41. The van der Waals surface area contributed by atoms with Crippen molar-refractivity contribution in [2.75, 3.05) is 0 Å². The minimum Gasteiger partial charge on any atom is -0.463 e. The molecule has 0 aromatic carbocycles. The molecule has 5 unspecified atom stereocenters. The highest BCUT2D eigenvalue weighted by Gasteiger charge is 2.71. The van der Waals surface area contributed by atoms with Gasteiger partial charge in [-0.3, -0.25) is 9.59 Å². The van der Waals surface area contributed by atoms with Crippen LogP contribution >= 0.6 is 0 Å². The molecule has 9 heteroatoms. The van der Waals surface area contributed by atoms with Crippen molar-refractivity contribution in [3.8, 4) is 0 Å². The predicted molar refractivity (Wildman–Crippen MR) is 136 cm³/mol. The van der Waals surface area contributed by atoms with E-state index in [4.69, 9.17) is 14.2 Å². The molecule has 6 nitrogen and oxygen atoms in total. The molecule has 5 aliphatic rings. The van der Waals surface area contributed by atoms with Crippen molar-refractivity contribution >= 4 is 11.9 Å². The van der Waals surface area contributed by atoms with Crippen molar-refractivity contribution in [3.05, 3.63) is 0 Å². The number of carbonyl (C=O) groups is 2. The smallest absolute Gasteiger partial charge is 0.443 e. The van der Waals surface area contributed by atoms with Gasteiger partial charge in [0, 0.05) is 26.2 Å². The van der Waals surface area contributed by atoms with Gasteiger partial charge in [-0.05, 0) is 91.3 Å². The van der Waals surface area contributed by atoms with Crippen LogP contribution in [0, 0.1) is 52.3 Å². The van der Waals surface area contributed by atoms with E-state index in [1.165, 1.54) is 13.8 Å². The van der Waals surface area contributed by atoms with Crippen LogP contribution in [-0.2, 0) is 23.8 Å². The number of hydrogen-bond donors (Lipinski definition) is 1. The summed E-state index contributed by atoms with van der Waals surface area (Å²) in [7, 11) is 0. The van der Waals surface area contributed by atoms with Gasteiger partial charge in [-0.15, -0.1) is 0 Å². The van der Waals surface area contributed by atoms with Gasteiger partial charge < -0.3 is 19.3 Å². The zero-order valence-electron chi connectivity index (χ0n) is 24.1. The highest BCUT2D eigenvalue weighted by Crippen LogP contribution is 2.71. The van der Waals surface area contributed by atoms with Crippen molar-refractivity contribution in [2.45, 2.75) is 123 Å². The summed E-state index contributed by atoms with van der Waals surface area (Å²) in [6.07, 6.45) is -1.09. The van der Waals surface area contributed by atoms with Crippen molar-refractivity contribution in [3.63, 3.8) is 0 Å². The third-order valence-corrected chi connectivity index (χ3v) is 12.1. The molecule has 0 radical (unpaired) electrons. The molecular formula is C30H45F3O6. The molecule has 222 valence electrons. The average Bonchev–Trinajstić information content (AvgIpc) is 3.10. The molecule has 0 bridgehead atoms. The van der Waals surface area contributed by atoms with Crippen molar-refractivity contribution in [2.24, 2.45) is 52.3 Å². The Balaban J connectivity index is 1.53. The highest BCUT2D eigenvalue weighted by atomic mass is 19.4. The third-order valence-electron chi connectivity index (χ3n) is 12.1. The molecule has 5 fully saturated rings. The molecule has 39 heavy (non-hydrogen) atoms. The Morgan fingerprint density at radius 1 is 0.974 bits per heavy atom. The van der Waals surface area contributed by atoms with Crippen LogP contribution in [0.3, 0.4) is 0 Å². The maximum atomic E-state index is 13.9. The van der Waals surface area contributed by atoms with E-state index in [2.05, 4.69) is 20.8 Å². The number of ether oxygens (including phenoxy) is 3. The van der Waals surface area contributed by atoms with E-state index in [0.717, 1.165) is 38.5 Å². The first-order valence-corrected chi connectivity index (χ1v) is 14.9. The van der Waals surface area contributed by atoms with Gasteiger partial charge >= 0.3 is 18.1 Å². The molecule has 4 aliphatic carbocycles. The summed E-state index contributed by atoms with van der Waals surface area (Å²) >= 11 is 0. The summed E-state index contributed by atoms with van der Waals surface area (Å²) in [6, 6.07) is 0. The quantitative estimate of drug-likeness (QED) is 0.426. The van der Waals surface area contributed by atoms with E-state index in [9.17, 15) is 27.9 Å². The Morgan fingerprint density at radius 3 is 2.21 bits per heavy atom. The number of rotatable bonds is 3. The Hall–Kier alpha value is -1.35. The van der Waals surface area contributed by atoms with Crippen LogP contribution < -0.4 is 0 Å². The fourth-order valence-corrected chi connectivity index (χ4v) is 10.8. The molecule has 4 saturated carbocycles. The van der Waals surface area contributed by atoms with Crippen LogP contribution in [0.2, 0.25) is 0 Å². The topological polar surface area (TPSA) is 82.1 Å². The summed E-state index contributed by atoms with van der Waals surface area (Å²) in [4.78, 5) is 24.3. The van der Waals surface area contributed by atoms with E-state index in [-0.39, 0.29) is 76.4 Å². The summed E-state index contributed by atoms with van der Waals surface area (Å²) in [6.45, 7) is 11.4. The Morgan fingerprint density at radius 2 is 1.62 bits per heavy atom. The van der Waals surface area contributed by atoms with Crippen molar-refractivity contribution in [1.82, 2.24) is 0 Å². The fourth-order valence-electron chi connectivity index (χ4n) is 10.8. The van der Waals surface area contributed by atoms with Gasteiger partial charge in [0.05, 0.1) is 6.10 Å². The molecule has 0 spiro atoms. The minimum absolute atomic E-state index is 0.00417. The number of fused-ring (bicyclic) bond motifs is 7. The second-order valence-corrected chi connectivity index (χ2v) is 14.0. The maximum Gasteiger partial charge on any atom is 0.443 e. The lowest BCUT2D eigenvalue weighted by molar-refractivity contribution is -0.401. The zero-order chi connectivity index (χ0) is 28.7. The second kappa shape index (κ2) is 9.60. The van der Waals surface area contributed by atoms with Crippen LogP contribution in [0.25, 0.3) is 0 Å². The maximum absolute atomic E-state index is 13.9. The minimum atomic E-state index is -4.86. The summed E-state index contributed by atoms with van der Waals surface area (Å²) < 4.78 is 59.1. The van der Waals surface area contributed by atoms with Gasteiger partial charge in [-0.25, -0.2) is 0 Å². The number of hydrogen-bond acceptors (Lipinski definition) is 6. The number of carbonyl (C=O) groups excluding carboxylic acids is 2. The normalized spacial score (nSPS) is 51.1. The third kappa shape index (κ3) is 4.43. The molecule has 1 saturated heterocycles. The van der Waals surface area contributed by atoms with Gasteiger partial charge in [0.2, 0.25) is 0 Å². The molecule has 1 N–H and O–H groups in total. The highest BCUT2D eigenvalue weighted by molar-refractivity contribution is 5.66. The molecular weight excluding hydrogens is 513 g/mol. The second-order valence-electron chi connectivity index (χ2n) is 14.0. The van der Waals surface area contributed by atoms with E-state index < -0.39 is 24.5 Å². The Kier molecular flexibility index (Phi) is 7.18. The van der Waals surface area contributed by atoms with E-state index >= 15 is 0 Å². The summed E-state index contributed by atoms with van der Waals surface area (Å²) in [5.41, 5.74) is -0.320. The number of esters is 2.